The van der Waals surface area contributed by atoms with Crippen molar-refractivity contribution in [1.82, 2.24) is 30.2 Å². The van der Waals surface area contributed by atoms with Gasteiger partial charge in [0, 0.05) is 50.8 Å². The lowest BCUT2D eigenvalue weighted by molar-refractivity contribution is -0.119. The lowest BCUT2D eigenvalue weighted by atomic mass is 10.2. The maximum absolute atomic E-state index is 15.2. The molecule has 2 aliphatic rings. The van der Waals surface area contributed by atoms with Crippen molar-refractivity contribution in [2.75, 3.05) is 62.2 Å². The van der Waals surface area contributed by atoms with Gasteiger partial charge in [0.2, 0.25) is 6.23 Å². The molecule has 5 rings (SSSR count). The van der Waals surface area contributed by atoms with Crippen molar-refractivity contribution in [2.24, 2.45) is 0 Å². The van der Waals surface area contributed by atoms with Crippen LogP contribution in [0.5, 0.6) is 0 Å². The highest BCUT2D eigenvalue weighted by atomic mass is 19.1. The Kier molecular flexibility index (Phi) is 7.84. The van der Waals surface area contributed by atoms with Gasteiger partial charge in [-0.05, 0) is 24.3 Å². The van der Waals surface area contributed by atoms with Gasteiger partial charge in [-0.2, -0.15) is 4.68 Å². The highest BCUT2D eigenvalue weighted by Crippen LogP contribution is 2.32. The Labute approximate surface area is 222 Å². The number of benzene rings is 1. The number of carbonyl (C=O) groups excluding carboxylic acids is 3. The summed E-state index contributed by atoms with van der Waals surface area (Å²) in [4.78, 5) is 46.0. The molecular weight excluding hydrogens is 514 g/mol. The van der Waals surface area contributed by atoms with E-state index in [1.807, 2.05) is 4.90 Å². The van der Waals surface area contributed by atoms with E-state index in [4.69, 9.17) is 4.74 Å². The van der Waals surface area contributed by atoms with Gasteiger partial charge in [0.25, 0.3) is 11.8 Å². The second kappa shape index (κ2) is 11.6. The number of hydrogen-bond donors (Lipinski definition) is 1. The Morgan fingerprint density at radius 2 is 1.82 bits per heavy atom. The first-order valence-corrected chi connectivity index (χ1v) is 12.4. The molecule has 14 heteroatoms. The van der Waals surface area contributed by atoms with Crippen molar-refractivity contribution in [3.63, 3.8) is 0 Å². The zero-order chi connectivity index (χ0) is 27.4. The molecule has 0 bridgehead atoms. The van der Waals surface area contributed by atoms with Crippen LogP contribution >= 0.6 is 0 Å². The van der Waals surface area contributed by atoms with Gasteiger partial charge < -0.3 is 19.9 Å². The van der Waals surface area contributed by atoms with Crippen molar-refractivity contribution < 1.29 is 27.9 Å². The van der Waals surface area contributed by atoms with Crippen LogP contribution in [0.1, 0.15) is 15.2 Å². The van der Waals surface area contributed by atoms with E-state index in [9.17, 15) is 14.4 Å². The van der Waals surface area contributed by atoms with E-state index < -0.39 is 23.8 Å². The Morgan fingerprint density at radius 1 is 1.05 bits per heavy atom. The molecule has 39 heavy (non-hydrogen) atoms. The number of nitrogens with zero attached hydrogens (tertiary/aromatic N) is 7. The van der Waals surface area contributed by atoms with Crippen LogP contribution in [0, 0.1) is 11.6 Å². The third-order valence-corrected chi connectivity index (χ3v) is 6.54. The van der Waals surface area contributed by atoms with E-state index in [0.29, 0.717) is 31.7 Å². The molecule has 2 aliphatic heterocycles. The molecule has 4 heterocycles. The molecule has 0 radical (unpaired) electrons. The maximum atomic E-state index is 15.2. The van der Waals surface area contributed by atoms with Crippen LogP contribution in [0.25, 0.3) is 0 Å². The van der Waals surface area contributed by atoms with Crippen LogP contribution in [-0.4, -0.2) is 101 Å². The molecule has 12 nitrogen and oxygen atoms in total. The Hall–Kier alpha value is -4.30. The SMILES string of the molecule is O=C(CNC(=O)c1cccnc1)CN1CCN(c2c(F)cc(N3CCO[C@@H]3C(=O)n3ccnn3)cc2F)CC1. The maximum Gasteiger partial charge on any atom is 0.298 e. The minimum Gasteiger partial charge on any atom is -0.364 e. The third kappa shape index (κ3) is 5.91. The highest BCUT2D eigenvalue weighted by Gasteiger charge is 2.35. The fourth-order valence-corrected chi connectivity index (χ4v) is 4.61. The molecule has 0 unspecified atom stereocenters. The monoisotopic (exact) mass is 540 g/mol. The number of hydrogen-bond acceptors (Lipinski definition) is 10. The fraction of sp³-hybridized carbons (Fsp3) is 0.360. The number of carbonyl (C=O) groups is 3. The number of halogens is 2. The number of aromatic nitrogens is 4. The topological polar surface area (TPSA) is 126 Å². The zero-order valence-corrected chi connectivity index (χ0v) is 20.9. The number of anilines is 2. The average molecular weight is 541 g/mol. The van der Waals surface area contributed by atoms with Gasteiger partial charge >= 0.3 is 0 Å². The van der Waals surface area contributed by atoms with E-state index in [0.717, 1.165) is 4.68 Å². The predicted molar refractivity (Wildman–Crippen MR) is 134 cm³/mol. The summed E-state index contributed by atoms with van der Waals surface area (Å²) in [5.41, 5.74) is 0.388. The van der Waals surface area contributed by atoms with Gasteiger partial charge in [0.15, 0.2) is 17.4 Å². The van der Waals surface area contributed by atoms with E-state index in [1.54, 1.807) is 23.2 Å². The Bertz CT molecular complexity index is 1310. The van der Waals surface area contributed by atoms with E-state index in [1.165, 1.54) is 35.6 Å². The minimum absolute atomic E-state index is 0.112. The van der Waals surface area contributed by atoms with Crippen molar-refractivity contribution >= 4 is 29.0 Å². The van der Waals surface area contributed by atoms with Crippen molar-refractivity contribution in [3.05, 3.63) is 66.3 Å². The lowest BCUT2D eigenvalue weighted by Crippen LogP contribution is -2.49. The first kappa shape index (κ1) is 26.3. The number of ether oxygens (including phenoxy) is 1. The molecule has 2 aromatic heterocycles. The van der Waals surface area contributed by atoms with E-state index in [2.05, 4.69) is 20.6 Å². The summed E-state index contributed by atoms with van der Waals surface area (Å²) in [7, 11) is 0. The molecule has 3 aromatic rings. The normalized spacial score (nSPS) is 17.8. The van der Waals surface area contributed by atoms with Crippen LogP contribution in [-0.2, 0) is 9.53 Å². The largest absolute Gasteiger partial charge is 0.364 e. The molecule has 1 N–H and O–H groups in total. The molecule has 1 aromatic carbocycles. The van der Waals surface area contributed by atoms with Crippen molar-refractivity contribution in [2.45, 2.75) is 6.23 Å². The van der Waals surface area contributed by atoms with Gasteiger partial charge in [-0.1, -0.05) is 5.21 Å². The van der Waals surface area contributed by atoms with E-state index >= 15 is 8.78 Å². The number of rotatable bonds is 8. The summed E-state index contributed by atoms with van der Waals surface area (Å²) in [6, 6.07) is 5.62. The summed E-state index contributed by atoms with van der Waals surface area (Å²) < 4.78 is 36.9. The Balaban J connectivity index is 1.16. The highest BCUT2D eigenvalue weighted by molar-refractivity contribution is 5.96. The molecule has 1 amide bonds. The summed E-state index contributed by atoms with van der Waals surface area (Å²) >= 11 is 0. The molecule has 1 atom stereocenters. The summed E-state index contributed by atoms with van der Waals surface area (Å²) in [6.07, 6.45) is 4.61. The van der Waals surface area contributed by atoms with Gasteiger partial charge in [-0.15, -0.1) is 5.10 Å². The second-order valence-corrected chi connectivity index (χ2v) is 9.09. The first-order chi connectivity index (χ1) is 18.9. The zero-order valence-electron chi connectivity index (χ0n) is 20.9. The molecule has 2 fully saturated rings. The molecule has 0 spiro atoms. The van der Waals surface area contributed by atoms with Crippen molar-refractivity contribution in [3.8, 4) is 0 Å². The quantitative estimate of drug-likeness (QED) is 0.434. The van der Waals surface area contributed by atoms with E-state index in [-0.39, 0.29) is 49.3 Å². The fourth-order valence-electron chi connectivity index (χ4n) is 4.61. The lowest BCUT2D eigenvalue weighted by Gasteiger charge is -2.36. The number of piperazine rings is 1. The molecule has 0 aliphatic carbocycles. The molecule has 204 valence electrons. The van der Waals surface area contributed by atoms with Crippen LogP contribution in [0.2, 0.25) is 0 Å². The standard InChI is InChI=1S/C25H26F2N8O4/c26-20-12-18(34-10-11-39-25(34)24(38)35-5-4-30-31-35)13-21(27)22(20)33-8-6-32(7-9-33)16-19(36)15-29-23(37)17-2-1-3-28-14-17/h1-5,12-14,25H,6-11,15-16H2,(H,29,37)/t25-/m1/s1. The summed E-state index contributed by atoms with van der Waals surface area (Å²) in [5, 5.41) is 9.85. The third-order valence-electron chi connectivity index (χ3n) is 6.54. The minimum atomic E-state index is -1.08. The first-order valence-electron chi connectivity index (χ1n) is 12.4. The van der Waals surface area contributed by atoms with Crippen LogP contribution in [0.15, 0.2) is 49.1 Å². The average Bonchev–Trinajstić information content (AvgIpc) is 3.65. The predicted octanol–water partition coefficient (Wildman–Crippen LogP) is 0.576. The van der Waals surface area contributed by atoms with Gasteiger partial charge in [0.1, 0.15) is 5.69 Å². The number of ketones is 1. The summed E-state index contributed by atoms with van der Waals surface area (Å²) in [6.45, 7) is 1.92. The van der Waals surface area contributed by atoms with Gasteiger partial charge in [-0.3, -0.25) is 24.3 Å². The summed E-state index contributed by atoms with van der Waals surface area (Å²) in [5.74, 6) is -2.59. The van der Waals surface area contributed by atoms with Crippen LogP contribution in [0.3, 0.4) is 0 Å². The molecule has 2 saturated heterocycles. The molecule has 0 saturated carbocycles. The number of Topliss-reactive ketones (excluding diaryl/α,β-unsaturated/α-hetero) is 1. The number of pyridine rings is 1. The Morgan fingerprint density at radius 3 is 2.49 bits per heavy atom. The second-order valence-electron chi connectivity index (χ2n) is 9.09. The number of amides is 1. The van der Waals surface area contributed by atoms with Crippen LogP contribution in [0.4, 0.5) is 20.2 Å². The van der Waals surface area contributed by atoms with Gasteiger partial charge in [0.05, 0.1) is 37.7 Å². The number of nitrogens with one attached hydrogen (secondary N) is 1. The van der Waals surface area contributed by atoms with Gasteiger partial charge in [-0.25, -0.2) is 8.78 Å². The molecular formula is C25H26F2N8O4. The van der Waals surface area contributed by atoms with Crippen molar-refractivity contribution in [1.29, 1.82) is 0 Å². The van der Waals surface area contributed by atoms with Crippen LogP contribution < -0.4 is 15.1 Å². The smallest absolute Gasteiger partial charge is 0.298 e.